The minimum Gasteiger partial charge on any atom is -0.387 e. The highest BCUT2D eigenvalue weighted by Crippen LogP contribution is 2.07. The lowest BCUT2D eigenvalue weighted by Crippen LogP contribution is -2.44. The Labute approximate surface area is 85.5 Å². The van der Waals surface area contributed by atoms with Crippen molar-refractivity contribution in [1.82, 2.24) is 0 Å². The zero-order valence-corrected chi connectivity index (χ0v) is 9.51. The van der Waals surface area contributed by atoms with Crippen LogP contribution in [-0.4, -0.2) is 47.2 Å². The molecule has 0 aliphatic heterocycles. The largest absolute Gasteiger partial charge is 0.387 e. The number of carbonyl (C=O) groups excluding carboxylic acids is 2. The summed E-state index contributed by atoms with van der Waals surface area (Å²) >= 11 is 0. The molecule has 0 saturated heterocycles. The van der Waals surface area contributed by atoms with Gasteiger partial charge in [-0.15, -0.1) is 0 Å². The number of rotatable bonds is 7. The van der Waals surface area contributed by atoms with Crippen molar-refractivity contribution in [2.75, 3.05) is 6.61 Å². The Morgan fingerprint density at radius 2 is 2.00 bits per heavy atom. The molecule has 0 aromatic heterocycles. The molecule has 0 fully saturated rings. The third-order valence-electron chi connectivity index (χ3n) is 1.51. The first-order valence-corrected chi connectivity index (χ1v) is 4.54. The van der Waals surface area contributed by atoms with Crippen molar-refractivity contribution in [3.05, 3.63) is 0 Å². The predicted molar refractivity (Wildman–Crippen MR) is 53.3 cm³/mol. The van der Waals surface area contributed by atoms with Crippen molar-refractivity contribution in [1.29, 1.82) is 0 Å². The maximum atomic E-state index is 11.0. The van der Waals surface area contributed by atoms with E-state index in [1.165, 1.54) is 0 Å². The summed E-state index contributed by atoms with van der Waals surface area (Å²) in [4.78, 5) is 21.3. The van der Waals surface area contributed by atoms with Crippen molar-refractivity contribution in [2.24, 2.45) is 0 Å². The molecule has 0 radical (unpaired) electrons. The molecule has 0 aromatic rings. The molecule has 0 heterocycles. The number of hydrogen-bond acceptors (Lipinski definition) is 6. The van der Waals surface area contributed by atoms with Crippen molar-refractivity contribution in [3.8, 4) is 0 Å². The highest BCUT2D eigenvalue weighted by atomic mass is 31.0. The zero-order chi connectivity index (χ0) is 11.1. The lowest BCUT2D eigenvalue weighted by molar-refractivity contribution is -0.140. The van der Waals surface area contributed by atoms with E-state index >= 15 is 0 Å². The Balaban J connectivity index is 4.28. The van der Waals surface area contributed by atoms with Crippen LogP contribution >= 0.6 is 18.9 Å². The number of aliphatic hydroxyl groups is 2. The molecule has 5 atom stereocenters. The van der Waals surface area contributed by atoms with Crippen molar-refractivity contribution < 1.29 is 28.8 Å². The molecular weight excluding hydrogens is 230 g/mol. The van der Waals surface area contributed by atoms with Crippen LogP contribution in [0.15, 0.2) is 0 Å². The summed E-state index contributed by atoms with van der Waals surface area (Å²) in [7, 11) is 3.59. The van der Waals surface area contributed by atoms with Crippen LogP contribution in [0.1, 0.15) is 0 Å². The van der Waals surface area contributed by atoms with Crippen LogP contribution in [0.2, 0.25) is 0 Å². The van der Waals surface area contributed by atoms with Crippen LogP contribution in [0.3, 0.4) is 0 Å². The van der Waals surface area contributed by atoms with Gasteiger partial charge < -0.3 is 24.1 Å². The van der Waals surface area contributed by atoms with Crippen LogP contribution in [0, 0.1) is 0 Å². The first-order valence-electron chi connectivity index (χ1n) is 3.59. The van der Waals surface area contributed by atoms with Gasteiger partial charge in [0.05, 0.1) is 0 Å². The van der Waals surface area contributed by atoms with Crippen LogP contribution in [-0.2, 0) is 18.6 Å². The van der Waals surface area contributed by atoms with E-state index in [0.29, 0.717) is 0 Å². The van der Waals surface area contributed by atoms with Gasteiger partial charge in [-0.3, -0.25) is 4.79 Å². The van der Waals surface area contributed by atoms with E-state index in [0.717, 1.165) is 0 Å². The van der Waals surface area contributed by atoms with Gasteiger partial charge in [0.25, 0.3) is 0 Å². The van der Waals surface area contributed by atoms with Crippen molar-refractivity contribution in [2.45, 2.75) is 18.3 Å². The molecular formula is C6H12O6P2. The summed E-state index contributed by atoms with van der Waals surface area (Å²) in [5.74, 6) is -0.735. The lowest BCUT2D eigenvalue weighted by Gasteiger charge is -2.20. The number of ketones is 1. The summed E-state index contributed by atoms with van der Waals surface area (Å²) in [6.07, 6.45) is -4.28. The average Bonchev–Trinajstić information content (AvgIpc) is 2.18. The van der Waals surface area contributed by atoms with Crippen LogP contribution < -0.4 is 0 Å². The molecule has 14 heavy (non-hydrogen) atoms. The van der Waals surface area contributed by atoms with E-state index in [9.17, 15) is 19.8 Å². The molecule has 5 unspecified atom stereocenters. The summed E-state index contributed by atoms with van der Waals surface area (Å²) in [5.41, 5.74) is 0. The Hall–Kier alpha value is 0.0400. The monoisotopic (exact) mass is 242 g/mol. The molecule has 0 rings (SSSR count). The third-order valence-corrected chi connectivity index (χ3v) is 1.99. The molecule has 2 N–H and O–H groups in total. The fourth-order valence-electron chi connectivity index (χ4n) is 0.731. The van der Waals surface area contributed by atoms with Crippen molar-refractivity contribution >= 4 is 31.0 Å². The summed E-state index contributed by atoms with van der Waals surface area (Å²) < 4.78 is 8.83. The summed E-state index contributed by atoms with van der Waals surface area (Å²) in [6, 6.07) is 0. The smallest absolute Gasteiger partial charge is 0.189 e. The minimum atomic E-state index is -1.70. The van der Waals surface area contributed by atoms with Crippen LogP contribution in [0.4, 0.5) is 0 Å². The molecule has 82 valence electrons. The van der Waals surface area contributed by atoms with Gasteiger partial charge in [-0.05, 0) is 0 Å². The maximum absolute atomic E-state index is 11.0. The van der Waals surface area contributed by atoms with E-state index in [-0.39, 0.29) is 12.9 Å². The fourth-order valence-corrected chi connectivity index (χ4v) is 1.12. The number of carbonyl (C=O) groups is 2. The Morgan fingerprint density at radius 1 is 1.43 bits per heavy atom. The highest BCUT2D eigenvalue weighted by molar-refractivity contribution is 7.10. The third kappa shape index (κ3) is 4.05. The standard InChI is InChI=1S/C6H12O6P2/c7-1-4(12-14)6(10)5(9)3(8)2-11-13/h1,4-6,9-10H,2,13-14H2. The summed E-state index contributed by atoms with van der Waals surface area (Å²) in [5, 5.41) is 18.5. The van der Waals surface area contributed by atoms with Gasteiger partial charge in [0, 0.05) is 18.9 Å². The van der Waals surface area contributed by atoms with Gasteiger partial charge in [0.2, 0.25) is 0 Å². The van der Waals surface area contributed by atoms with E-state index < -0.39 is 24.1 Å². The molecule has 0 aliphatic carbocycles. The van der Waals surface area contributed by atoms with E-state index in [1.54, 1.807) is 9.47 Å². The van der Waals surface area contributed by atoms with Crippen LogP contribution in [0.5, 0.6) is 0 Å². The lowest BCUT2D eigenvalue weighted by atomic mass is 10.1. The second-order valence-electron chi connectivity index (χ2n) is 2.45. The average molecular weight is 242 g/mol. The molecule has 0 spiro atoms. The van der Waals surface area contributed by atoms with Crippen LogP contribution in [0.25, 0.3) is 0 Å². The molecule has 0 amide bonds. The first-order chi connectivity index (χ1) is 6.58. The first kappa shape index (κ1) is 14.0. The Kier molecular flexibility index (Phi) is 7.37. The fraction of sp³-hybridized carbons (Fsp3) is 0.667. The maximum Gasteiger partial charge on any atom is 0.189 e. The van der Waals surface area contributed by atoms with Gasteiger partial charge in [-0.25, -0.2) is 0 Å². The second-order valence-corrected chi connectivity index (χ2v) is 3.06. The molecule has 0 aliphatic rings. The number of aliphatic hydroxyl groups excluding tert-OH is 2. The van der Waals surface area contributed by atoms with Crippen molar-refractivity contribution in [3.63, 3.8) is 0 Å². The highest BCUT2D eigenvalue weighted by Gasteiger charge is 2.30. The zero-order valence-electron chi connectivity index (χ0n) is 7.20. The van der Waals surface area contributed by atoms with Gasteiger partial charge >= 0.3 is 0 Å². The molecule has 0 saturated carbocycles. The SMILES string of the molecule is O=CC(OP)C(O)C(O)C(=O)COP. The van der Waals surface area contributed by atoms with Gasteiger partial charge in [0.15, 0.2) is 12.1 Å². The molecule has 6 nitrogen and oxygen atoms in total. The topological polar surface area (TPSA) is 93.1 Å². The number of aldehydes is 1. The second kappa shape index (κ2) is 7.35. The Bertz CT molecular complexity index is 199. The molecule has 8 heteroatoms. The predicted octanol–water partition coefficient (Wildman–Crippen LogP) is -1.54. The Morgan fingerprint density at radius 3 is 2.36 bits per heavy atom. The number of hydrogen-bond donors (Lipinski definition) is 2. The normalized spacial score (nSPS) is 17.1. The quantitative estimate of drug-likeness (QED) is 0.415. The van der Waals surface area contributed by atoms with Gasteiger partial charge in [0.1, 0.15) is 24.9 Å². The van der Waals surface area contributed by atoms with E-state index in [4.69, 9.17) is 0 Å². The molecule has 0 aromatic carbocycles. The molecule has 0 bridgehead atoms. The summed E-state index contributed by atoms with van der Waals surface area (Å²) in [6.45, 7) is -0.370. The van der Waals surface area contributed by atoms with Gasteiger partial charge in [-0.1, -0.05) is 0 Å². The van der Waals surface area contributed by atoms with E-state index in [2.05, 4.69) is 9.05 Å². The van der Waals surface area contributed by atoms with Gasteiger partial charge in [-0.2, -0.15) is 0 Å². The van der Waals surface area contributed by atoms with E-state index in [1.807, 2.05) is 9.47 Å². The number of Topliss-reactive ketones (excluding diaryl/α,β-unsaturated/α-hetero) is 1. The minimum absolute atomic E-state index is 0.287.